The Kier molecular flexibility index (Phi) is 7.90. The molecule has 7 rings (SSSR count). The maximum atomic E-state index is 14.0. The summed E-state index contributed by atoms with van der Waals surface area (Å²) < 4.78 is 34.8. The molecule has 1 N–H and O–H groups in total. The highest BCUT2D eigenvalue weighted by Crippen LogP contribution is 2.42. The molecule has 3 aromatic rings. The van der Waals surface area contributed by atoms with Gasteiger partial charge in [0.25, 0.3) is 0 Å². The highest BCUT2D eigenvalue weighted by atomic mass is 35.5. The molecular formula is C31H33ClN4O6S2. The summed E-state index contributed by atoms with van der Waals surface area (Å²) in [5, 5.41) is 10.7. The van der Waals surface area contributed by atoms with Crippen molar-refractivity contribution in [2.45, 2.75) is 61.6 Å². The molecule has 0 spiro atoms. The molecule has 1 aromatic carbocycles. The third kappa shape index (κ3) is 5.40. The number of pyridine rings is 1. The topological polar surface area (TPSA) is 120 Å². The van der Waals surface area contributed by atoms with E-state index in [1.807, 2.05) is 12.1 Å². The zero-order chi connectivity index (χ0) is 30.6. The highest BCUT2D eigenvalue weighted by molar-refractivity contribution is 7.89. The molecule has 2 unspecified atom stereocenters. The van der Waals surface area contributed by atoms with E-state index in [2.05, 4.69) is 9.88 Å². The molecule has 1 aliphatic carbocycles. The van der Waals surface area contributed by atoms with Crippen molar-refractivity contribution in [3.63, 3.8) is 0 Å². The second-order valence-corrected chi connectivity index (χ2v) is 15.4. The van der Waals surface area contributed by atoms with Gasteiger partial charge in [-0.05, 0) is 61.1 Å². The van der Waals surface area contributed by atoms with Gasteiger partial charge in [-0.3, -0.25) is 4.79 Å². The summed E-state index contributed by atoms with van der Waals surface area (Å²) in [5.74, 6) is -0.800. The number of hydrogen-bond acceptors (Lipinski definition) is 8. The number of nitrogens with zero attached hydrogens (tertiary/aromatic N) is 4. The molecule has 13 heteroatoms. The summed E-state index contributed by atoms with van der Waals surface area (Å²) >= 11 is 7.17. The quantitative estimate of drug-likeness (QED) is 0.372. The SMILES string of the molecule is O=C(O)c1sc(-c2ccc(Cl)cc2)cc1N1C(=O)CN(S(=O)(=O)c2ccc(N3CC4CC3CO4)nc2)C[C@H]1C1CCCCC1. The van der Waals surface area contributed by atoms with E-state index in [9.17, 15) is 23.1 Å². The number of amides is 1. The van der Waals surface area contributed by atoms with Crippen LogP contribution in [0.5, 0.6) is 0 Å². The molecule has 1 saturated carbocycles. The molecule has 2 bridgehead atoms. The van der Waals surface area contributed by atoms with Gasteiger partial charge in [-0.2, -0.15) is 4.31 Å². The second-order valence-electron chi connectivity index (χ2n) is 12.0. The van der Waals surface area contributed by atoms with Gasteiger partial charge >= 0.3 is 5.97 Å². The first-order valence-electron chi connectivity index (χ1n) is 15.0. The van der Waals surface area contributed by atoms with Crippen molar-refractivity contribution < 1.29 is 27.9 Å². The van der Waals surface area contributed by atoms with E-state index in [0.717, 1.165) is 67.8 Å². The smallest absolute Gasteiger partial charge is 0.348 e. The Bertz CT molecular complexity index is 1670. The second kappa shape index (κ2) is 11.7. The van der Waals surface area contributed by atoms with Gasteiger partial charge < -0.3 is 19.6 Å². The normalized spacial score (nSPS) is 24.8. The van der Waals surface area contributed by atoms with Crippen LogP contribution in [0.4, 0.5) is 11.5 Å². The number of piperazine rings is 1. The fourth-order valence-corrected chi connectivity index (χ4v) is 9.61. The van der Waals surface area contributed by atoms with Gasteiger partial charge in [-0.25, -0.2) is 18.2 Å². The van der Waals surface area contributed by atoms with Gasteiger partial charge in [0.2, 0.25) is 15.9 Å². The lowest BCUT2D eigenvalue weighted by Crippen LogP contribution is -2.60. The molecule has 4 aliphatic rings. The number of aromatic carboxylic acids is 1. The number of ether oxygens (including phenoxy) is 1. The summed E-state index contributed by atoms with van der Waals surface area (Å²) in [5.41, 5.74) is 1.11. The van der Waals surface area contributed by atoms with Gasteiger partial charge in [-0.1, -0.05) is 43.0 Å². The van der Waals surface area contributed by atoms with Gasteiger partial charge in [0, 0.05) is 29.2 Å². The Hall–Kier alpha value is -3.03. The number of carbonyl (C=O) groups excluding carboxylic acids is 1. The minimum atomic E-state index is -4.04. The fraction of sp³-hybridized carbons (Fsp3) is 0.452. The van der Waals surface area contributed by atoms with Gasteiger partial charge in [-0.15, -0.1) is 11.3 Å². The van der Waals surface area contributed by atoms with E-state index >= 15 is 0 Å². The predicted octanol–water partition coefficient (Wildman–Crippen LogP) is 5.13. The van der Waals surface area contributed by atoms with Crippen LogP contribution in [0.3, 0.4) is 0 Å². The third-order valence-corrected chi connectivity index (χ3v) is 12.6. The number of fused-ring (bicyclic) bond motifs is 2. The standard InChI is InChI=1S/C31H33ClN4O6S2/c32-21-8-6-20(7-9-21)27-13-25(30(43-27)31(38)39)36-26(19-4-2-1-3-5-19)16-34(17-29(36)37)44(40,41)24-10-11-28(33-14-24)35-15-23-12-22(35)18-42-23/h6-11,13-14,19,22-23,26H,1-5,12,15-18H2,(H,38,39)/t22?,23?,26-/m0/s1. The molecule has 3 atom stereocenters. The lowest BCUT2D eigenvalue weighted by molar-refractivity contribution is -0.121. The first-order chi connectivity index (χ1) is 21.2. The Labute approximate surface area is 265 Å². The van der Waals surface area contributed by atoms with Gasteiger partial charge in [0.1, 0.15) is 15.6 Å². The summed E-state index contributed by atoms with van der Waals surface area (Å²) in [6, 6.07) is 11.9. The lowest BCUT2D eigenvalue weighted by Gasteiger charge is -2.44. The molecule has 2 aromatic heterocycles. The first-order valence-corrected chi connectivity index (χ1v) is 17.6. The number of carbonyl (C=O) groups is 2. The number of rotatable bonds is 7. The maximum Gasteiger partial charge on any atom is 0.348 e. The minimum absolute atomic E-state index is 0.0392. The number of morpholine rings is 1. The van der Waals surface area contributed by atoms with Crippen molar-refractivity contribution in [3.05, 3.63) is 58.6 Å². The number of carboxylic acids is 1. The Morgan fingerprint density at radius 3 is 2.48 bits per heavy atom. The van der Waals surface area contributed by atoms with Crippen LogP contribution in [0.2, 0.25) is 5.02 Å². The maximum absolute atomic E-state index is 14.0. The van der Waals surface area contributed by atoms with Crippen LogP contribution in [-0.4, -0.2) is 79.1 Å². The van der Waals surface area contributed by atoms with Crippen molar-refractivity contribution >= 4 is 56.3 Å². The van der Waals surface area contributed by atoms with E-state index in [1.165, 1.54) is 10.5 Å². The van der Waals surface area contributed by atoms with Gasteiger partial charge in [0.15, 0.2) is 0 Å². The molecule has 3 saturated heterocycles. The number of aromatic nitrogens is 1. The number of benzene rings is 1. The van der Waals surface area contributed by atoms with Crippen LogP contribution in [-0.2, 0) is 19.6 Å². The number of halogens is 1. The Morgan fingerprint density at radius 2 is 1.84 bits per heavy atom. The van der Waals surface area contributed by atoms with E-state index in [0.29, 0.717) is 22.2 Å². The van der Waals surface area contributed by atoms with Crippen molar-refractivity contribution in [1.82, 2.24) is 9.29 Å². The van der Waals surface area contributed by atoms with Crippen LogP contribution in [0.15, 0.2) is 53.6 Å². The van der Waals surface area contributed by atoms with Crippen LogP contribution >= 0.6 is 22.9 Å². The largest absolute Gasteiger partial charge is 0.477 e. The molecule has 1 amide bonds. The Balaban J connectivity index is 1.20. The molecule has 3 aliphatic heterocycles. The molecule has 0 radical (unpaired) electrons. The first kappa shape index (κ1) is 29.7. The fourth-order valence-electron chi connectivity index (χ4n) is 7.14. The molecule has 5 heterocycles. The third-order valence-electron chi connectivity index (χ3n) is 9.34. The lowest BCUT2D eigenvalue weighted by atomic mass is 9.82. The highest BCUT2D eigenvalue weighted by Gasteiger charge is 2.45. The average Bonchev–Trinajstić information content (AvgIpc) is 3.78. The summed E-state index contributed by atoms with van der Waals surface area (Å²) in [7, 11) is -4.04. The monoisotopic (exact) mass is 656 g/mol. The van der Waals surface area contributed by atoms with Gasteiger partial charge in [0.05, 0.1) is 37.0 Å². The summed E-state index contributed by atoms with van der Waals surface area (Å²) in [6.45, 7) is 1.09. The summed E-state index contributed by atoms with van der Waals surface area (Å²) in [4.78, 5) is 35.5. The van der Waals surface area contributed by atoms with Crippen molar-refractivity contribution in [3.8, 4) is 10.4 Å². The summed E-state index contributed by atoms with van der Waals surface area (Å²) in [6.07, 6.45) is 7.26. The number of carboxylic acid groups (broad SMARTS) is 1. The number of anilines is 2. The van der Waals surface area contributed by atoms with Crippen molar-refractivity contribution in [1.29, 1.82) is 0 Å². The number of hydrogen-bond donors (Lipinski definition) is 1. The zero-order valence-electron chi connectivity index (χ0n) is 24.0. The zero-order valence-corrected chi connectivity index (χ0v) is 26.4. The average molecular weight is 657 g/mol. The van der Waals surface area contributed by atoms with E-state index in [1.54, 1.807) is 35.2 Å². The minimum Gasteiger partial charge on any atom is -0.477 e. The molecule has 4 fully saturated rings. The van der Waals surface area contributed by atoms with Crippen LogP contribution in [0.25, 0.3) is 10.4 Å². The van der Waals surface area contributed by atoms with E-state index in [4.69, 9.17) is 16.3 Å². The van der Waals surface area contributed by atoms with Crippen molar-refractivity contribution in [2.24, 2.45) is 5.92 Å². The molecule has 44 heavy (non-hydrogen) atoms. The van der Waals surface area contributed by atoms with E-state index in [-0.39, 0.29) is 40.9 Å². The van der Waals surface area contributed by atoms with Crippen LogP contribution in [0.1, 0.15) is 48.2 Å². The molecular weight excluding hydrogens is 624 g/mol. The predicted molar refractivity (Wildman–Crippen MR) is 168 cm³/mol. The number of thiophene rings is 1. The van der Waals surface area contributed by atoms with Crippen LogP contribution < -0.4 is 9.80 Å². The van der Waals surface area contributed by atoms with Crippen molar-refractivity contribution in [2.75, 3.05) is 36.0 Å². The van der Waals surface area contributed by atoms with Crippen LogP contribution in [0, 0.1) is 5.92 Å². The molecule has 232 valence electrons. The Morgan fingerprint density at radius 1 is 1.07 bits per heavy atom. The number of sulfonamides is 1. The molecule has 10 nitrogen and oxygen atoms in total. The van der Waals surface area contributed by atoms with E-state index < -0.39 is 27.9 Å².